The highest BCUT2D eigenvalue weighted by Crippen LogP contribution is 2.29. The summed E-state index contributed by atoms with van der Waals surface area (Å²) in [6, 6.07) is 4.35. The Kier molecular flexibility index (Phi) is 4.89. The largest absolute Gasteiger partial charge is 0.416 e. The molecule has 1 saturated heterocycles. The smallest absolute Gasteiger partial charge is 0.338 e. The van der Waals surface area contributed by atoms with Crippen LogP contribution in [-0.2, 0) is 11.0 Å². The summed E-state index contributed by atoms with van der Waals surface area (Å²) in [6.45, 7) is 4.35. The molecule has 0 bridgehead atoms. The predicted molar refractivity (Wildman–Crippen MR) is 82.2 cm³/mol. The van der Waals surface area contributed by atoms with E-state index < -0.39 is 23.2 Å². The Morgan fingerprint density at radius 3 is 2.08 bits per heavy atom. The highest BCUT2D eigenvalue weighted by Gasteiger charge is 2.33. The van der Waals surface area contributed by atoms with Crippen LogP contribution in [0.1, 0.15) is 29.8 Å². The van der Waals surface area contributed by atoms with E-state index in [4.69, 9.17) is 5.73 Å². The van der Waals surface area contributed by atoms with Crippen LogP contribution in [0.2, 0.25) is 0 Å². The van der Waals surface area contributed by atoms with Gasteiger partial charge in [-0.25, -0.2) is 0 Å². The normalized spacial score (nSPS) is 16.2. The number of carbonyl (C=O) groups is 2. The van der Waals surface area contributed by atoms with Crippen LogP contribution in [0.25, 0.3) is 0 Å². The minimum absolute atomic E-state index is 0.0104. The van der Waals surface area contributed by atoms with Gasteiger partial charge in [0.25, 0.3) is 5.91 Å². The van der Waals surface area contributed by atoms with Crippen LogP contribution in [-0.4, -0.2) is 53.3 Å². The molecular weight excluding hydrogens is 323 g/mol. The number of carbonyl (C=O) groups excluding carboxylic acids is 2. The van der Waals surface area contributed by atoms with Crippen LogP contribution in [0.5, 0.6) is 0 Å². The zero-order valence-electron chi connectivity index (χ0n) is 13.6. The molecule has 1 aliphatic rings. The van der Waals surface area contributed by atoms with Crippen molar-refractivity contribution in [3.05, 3.63) is 35.4 Å². The molecule has 0 aliphatic carbocycles. The summed E-state index contributed by atoms with van der Waals surface area (Å²) in [6.07, 6.45) is -4.49. The zero-order chi connectivity index (χ0) is 18.1. The lowest BCUT2D eigenvalue weighted by atomic mass is 10.0. The minimum Gasteiger partial charge on any atom is -0.338 e. The number of nitrogens with zero attached hydrogens (tertiary/aromatic N) is 2. The van der Waals surface area contributed by atoms with Crippen LogP contribution in [0, 0.1) is 0 Å². The van der Waals surface area contributed by atoms with Crippen molar-refractivity contribution in [2.75, 3.05) is 26.2 Å². The number of nitrogens with two attached hydrogens (primary N) is 1. The lowest BCUT2D eigenvalue weighted by molar-refractivity contribution is -0.138. The van der Waals surface area contributed by atoms with E-state index in [2.05, 4.69) is 0 Å². The maximum absolute atomic E-state index is 12.7. The van der Waals surface area contributed by atoms with Crippen molar-refractivity contribution in [3.8, 4) is 0 Å². The first kappa shape index (κ1) is 18.3. The molecule has 0 saturated carbocycles. The molecule has 2 amide bonds. The first-order valence-electron chi connectivity index (χ1n) is 7.55. The molecule has 0 atom stereocenters. The topological polar surface area (TPSA) is 66.6 Å². The van der Waals surface area contributed by atoms with E-state index in [-0.39, 0.29) is 24.6 Å². The molecule has 132 valence electrons. The lowest BCUT2D eigenvalue weighted by Gasteiger charge is -2.37. The van der Waals surface area contributed by atoms with Crippen molar-refractivity contribution < 1.29 is 22.8 Å². The molecule has 8 heteroatoms. The summed E-state index contributed by atoms with van der Waals surface area (Å²) in [5.74, 6) is -0.686. The Hall–Kier alpha value is -2.09. The van der Waals surface area contributed by atoms with Crippen LogP contribution < -0.4 is 5.73 Å². The van der Waals surface area contributed by atoms with Crippen molar-refractivity contribution in [3.63, 3.8) is 0 Å². The van der Waals surface area contributed by atoms with E-state index in [1.165, 1.54) is 17.0 Å². The third-order valence-electron chi connectivity index (χ3n) is 3.84. The molecule has 1 fully saturated rings. The van der Waals surface area contributed by atoms with E-state index >= 15 is 0 Å². The molecule has 1 aromatic carbocycles. The van der Waals surface area contributed by atoms with Gasteiger partial charge in [0.2, 0.25) is 5.91 Å². The summed E-state index contributed by atoms with van der Waals surface area (Å²) in [5.41, 5.74) is 3.92. The summed E-state index contributed by atoms with van der Waals surface area (Å²) >= 11 is 0. The molecule has 1 aliphatic heterocycles. The number of rotatable bonds is 2. The molecule has 5 nitrogen and oxygen atoms in total. The fourth-order valence-corrected chi connectivity index (χ4v) is 2.53. The maximum Gasteiger partial charge on any atom is 0.416 e. The minimum atomic E-state index is -4.49. The average Bonchev–Trinajstić information content (AvgIpc) is 2.52. The van der Waals surface area contributed by atoms with Gasteiger partial charge in [-0.2, -0.15) is 13.2 Å². The van der Waals surface area contributed by atoms with Crippen molar-refractivity contribution in [1.29, 1.82) is 0 Å². The second-order valence-corrected chi connectivity index (χ2v) is 6.38. The van der Waals surface area contributed by atoms with Gasteiger partial charge in [-0.15, -0.1) is 0 Å². The number of hydrogen-bond acceptors (Lipinski definition) is 3. The van der Waals surface area contributed by atoms with Crippen LogP contribution in [0.3, 0.4) is 0 Å². The van der Waals surface area contributed by atoms with E-state index in [1.807, 2.05) is 0 Å². The van der Waals surface area contributed by atoms with Gasteiger partial charge >= 0.3 is 6.18 Å². The summed E-state index contributed by atoms with van der Waals surface area (Å²) in [7, 11) is 0. The van der Waals surface area contributed by atoms with Gasteiger partial charge in [-0.3, -0.25) is 9.59 Å². The van der Waals surface area contributed by atoms with Crippen LogP contribution in [0.4, 0.5) is 13.2 Å². The standard InChI is InChI=1S/C16H20F3N3O2/c1-15(2,20)14(24)22-8-6-21(7-9-22)13(23)11-4-3-5-12(10-11)16(17,18)19/h3-5,10H,6-9,20H2,1-2H3. The second-order valence-electron chi connectivity index (χ2n) is 6.38. The molecule has 2 N–H and O–H groups in total. The molecular formula is C16H20F3N3O2. The van der Waals surface area contributed by atoms with Crippen LogP contribution >= 0.6 is 0 Å². The number of piperazine rings is 1. The number of benzene rings is 1. The van der Waals surface area contributed by atoms with E-state index in [1.54, 1.807) is 18.7 Å². The van der Waals surface area contributed by atoms with Crippen LogP contribution in [0.15, 0.2) is 24.3 Å². The van der Waals surface area contributed by atoms with Gasteiger partial charge in [0.15, 0.2) is 0 Å². The van der Waals surface area contributed by atoms with E-state index in [0.717, 1.165) is 12.1 Å². The third kappa shape index (κ3) is 4.05. The van der Waals surface area contributed by atoms with Gasteiger partial charge in [0, 0.05) is 31.7 Å². The highest BCUT2D eigenvalue weighted by atomic mass is 19.4. The lowest BCUT2D eigenvalue weighted by Crippen LogP contribution is -2.57. The Balaban J connectivity index is 2.05. The van der Waals surface area contributed by atoms with Crippen molar-refractivity contribution >= 4 is 11.8 Å². The molecule has 0 spiro atoms. The maximum atomic E-state index is 12.7. The number of hydrogen-bond donors (Lipinski definition) is 1. The first-order valence-corrected chi connectivity index (χ1v) is 7.55. The first-order chi connectivity index (χ1) is 11.0. The molecule has 0 radical (unpaired) electrons. The summed E-state index contributed by atoms with van der Waals surface area (Å²) < 4.78 is 38.2. The number of halogens is 3. The van der Waals surface area contributed by atoms with Gasteiger partial charge in [-0.05, 0) is 32.0 Å². The molecule has 2 rings (SSSR count). The second kappa shape index (κ2) is 6.43. The molecule has 24 heavy (non-hydrogen) atoms. The number of amides is 2. The van der Waals surface area contributed by atoms with Gasteiger partial charge in [0.05, 0.1) is 11.1 Å². The Bertz CT molecular complexity index is 630. The molecule has 1 aromatic rings. The van der Waals surface area contributed by atoms with E-state index in [0.29, 0.717) is 13.1 Å². The quantitative estimate of drug-likeness (QED) is 0.889. The summed E-state index contributed by atoms with van der Waals surface area (Å²) in [5, 5.41) is 0. The molecule has 1 heterocycles. The van der Waals surface area contributed by atoms with E-state index in [9.17, 15) is 22.8 Å². The third-order valence-corrected chi connectivity index (χ3v) is 3.84. The van der Waals surface area contributed by atoms with Gasteiger partial charge in [0.1, 0.15) is 0 Å². The Morgan fingerprint density at radius 2 is 1.58 bits per heavy atom. The van der Waals surface area contributed by atoms with Crippen molar-refractivity contribution in [1.82, 2.24) is 9.80 Å². The Labute approximate surface area is 138 Å². The fourth-order valence-electron chi connectivity index (χ4n) is 2.53. The molecule has 0 aromatic heterocycles. The van der Waals surface area contributed by atoms with Gasteiger partial charge < -0.3 is 15.5 Å². The fraction of sp³-hybridized carbons (Fsp3) is 0.500. The zero-order valence-corrected chi connectivity index (χ0v) is 13.6. The number of alkyl halides is 3. The van der Waals surface area contributed by atoms with Crippen molar-refractivity contribution in [2.24, 2.45) is 5.73 Å². The predicted octanol–water partition coefficient (Wildman–Crippen LogP) is 1.73. The average molecular weight is 343 g/mol. The summed E-state index contributed by atoms with van der Waals surface area (Å²) in [4.78, 5) is 27.5. The van der Waals surface area contributed by atoms with Gasteiger partial charge in [-0.1, -0.05) is 6.07 Å². The van der Waals surface area contributed by atoms with Crippen molar-refractivity contribution in [2.45, 2.75) is 25.6 Å². The SMILES string of the molecule is CC(C)(N)C(=O)N1CCN(C(=O)c2cccc(C(F)(F)F)c2)CC1. The Morgan fingerprint density at radius 1 is 1.04 bits per heavy atom. The highest BCUT2D eigenvalue weighted by molar-refractivity contribution is 5.94. The molecule has 0 unspecified atom stereocenters. The monoisotopic (exact) mass is 343 g/mol.